The molecule has 7 heteroatoms. The summed E-state index contributed by atoms with van der Waals surface area (Å²) in [6, 6.07) is 3.85. The van der Waals surface area contributed by atoms with Gasteiger partial charge in [0.25, 0.3) is 5.91 Å². The lowest BCUT2D eigenvalue weighted by atomic mass is 10.2. The minimum Gasteiger partial charge on any atom is -0.351 e. The van der Waals surface area contributed by atoms with Crippen LogP contribution in [0.4, 0.5) is 5.13 Å². The summed E-state index contributed by atoms with van der Waals surface area (Å²) in [5.74, 6) is -0.189. The van der Waals surface area contributed by atoms with Crippen LogP contribution in [-0.4, -0.2) is 23.3 Å². The monoisotopic (exact) mass is 307 g/mol. The fourth-order valence-electron chi connectivity index (χ4n) is 2.02. The molecule has 2 aromatic heterocycles. The Kier molecular flexibility index (Phi) is 3.79. The summed E-state index contributed by atoms with van der Waals surface area (Å²) in [4.78, 5) is 29.7. The molecular weight excluding hydrogens is 294 g/mol. The summed E-state index contributed by atoms with van der Waals surface area (Å²) in [7, 11) is 0. The lowest BCUT2D eigenvalue weighted by molar-refractivity contribution is -0.115. The van der Waals surface area contributed by atoms with E-state index in [9.17, 15) is 9.59 Å². The number of fused-ring (bicyclic) bond motifs is 1. The zero-order valence-electron chi connectivity index (χ0n) is 10.6. The number of nitrogens with one attached hydrogen (secondary N) is 2. The largest absolute Gasteiger partial charge is 0.351 e. The lowest BCUT2D eigenvalue weighted by Crippen LogP contribution is -2.21. The van der Waals surface area contributed by atoms with E-state index < -0.39 is 0 Å². The van der Waals surface area contributed by atoms with Gasteiger partial charge < -0.3 is 10.6 Å². The Hall–Kier alpha value is -1.73. The standard InChI is InChI=1S/C13H13N3O2S2/c17-10(7-8-3-2-6-19-8)16-13-15-9-4-1-5-14-12(18)11(9)20-13/h2-3,6H,1,4-5,7H2,(H,14,18)(H,15,16,17). The van der Waals surface area contributed by atoms with Crippen LogP contribution >= 0.6 is 22.7 Å². The third kappa shape index (κ3) is 2.88. The number of hydrogen-bond donors (Lipinski definition) is 2. The Morgan fingerprint density at radius 1 is 1.50 bits per heavy atom. The van der Waals surface area contributed by atoms with E-state index in [0.717, 1.165) is 23.4 Å². The van der Waals surface area contributed by atoms with Crippen LogP contribution in [0.25, 0.3) is 0 Å². The van der Waals surface area contributed by atoms with E-state index in [-0.39, 0.29) is 11.8 Å². The SMILES string of the molecule is O=C(Cc1cccs1)Nc1nc2c(s1)C(=O)NCCC2. The molecule has 0 unspecified atom stereocenters. The van der Waals surface area contributed by atoms with Crippen LogP contribution in [0.5, 0.6) is 0 Å². The molecule has 3 heterocycles. The second-order valence-corrected chi connectivity index (χ2v) is 6.49. The molecule has 0 aromatic carbocycles. The van der Waals surface area contributed by atoms with Crippen molar-refractivity contribution in [1.82, 2.24) is 10.3 Å². The van der Waals surface area contributed by atoms with Crippen LogP contribution in [0, 0.1) is 0 Å². The fourth-order valence-corrected chi connectivity index (χ4v) is 3.67. The minimum atomic E-state index is -0.100. The molecule has 5 nitrogen and oxygen atoms in total. The van der Waals surface area contributed by atoms with Crippen molar-refractivity contribution in [2.24, 2.45) is 0 Å². The number of aromatic nitrogens is 1. The van der Waals surface area contributed by atoms with Crippen molar-refractivity contribution in [1.29, 1.82) is 0 Å². The molecule has 0 aliphatic carbocycles. The van der Waals surface area contributed by atoms with Crippen molar-refractivity contribution in [2.75, 3.05) is 11.9 Å². The topological polar surface area (TPSA) is 71.1 Å². The van der Waals surface area contributed by atoms with Crippen LogP contribution in [0.3, 0.4) is 0 Å². The smallest absolute Gasteiger partial charge is 0.263 e. The Labute approximate surface area is 124 Å². The van der Waals surface area contributed by atoms with Gasteiger partial charge in [-0.15, -0.1) is 11.3 Å². The van der Waals surface area contributed by atoms with Gasteiger partial charge in [-0.2, -0.15) is 0 Å². The molecule has 0 bridgehead atoms. The lowest BCUT2D eigenvalue weighted by Gasteiger charge is -2.00. The van der Waals surface area contributed by atoms with E-state index >= 15 is 0 Å². The van der Waals surface area contributed by atoms with Crippen molar-refractivity contribution in [3.8, 4) is 0 Å². The van der Waals surface area contributed by atoms with Gasteiger partial charge in [0.05, 0.1) is 12.1 Å². The maximum Gasteiger partial charge on any atom is 0.263 e. The number of rotatable bonds is 3. The molecule has 104 valence electrons. The highest BCUT2D eigenvalue weighted by Gasteiger charge is 2.21. The molecule has 1 aliphatic rings. The Bertz CT molecular complexity index is 634. The molecule has 0 radical (unpaired) electrons. The first-order valence-corrected chi connectivity index (χ1v) is 8.02. The van der Waals surface area contributed by atoms with E-state index in [1.807, 2.05) is 17.5 Å². The van der Waals surface area contributed by atoms with Gasteiger partial charge in [0.2, 0.25) is 5.91 Å². The van der Waals surface area contributed by atoms with Crippen LogP contribution in [-0.2, 0) is 17.6 Å². The zero-order chi connectivity index (χ0) is 13.9. The highest BCUT2D eigenvalue weighted by molar-refractivity contribution is 7.17. The number of anilines is 1. The molecule has 2 aromatic rings. The van der Waals surface area contributed by atoms with Gasteiger partial charge in [0.15, 0.2) is 5.13 Å². The predicted octanol–water partition coefficient (Wildman–Crippen LogP) is 2.06. The van der Waals surface area contributed by atoms with Crippen molar-refractivity contribution in [3.63, 3.8) is 0 Å². The van der Waals surface area contributed by atoms with Gasteiger partial charge >= 0.3 is 0 Å². The van der Waals surface area contributed by atoms with Crippen molar-refractivity contribution in [2.45, 2.75) is 19.3 Å². The number of thiazole rings is 1. The summed E-state index contributed by atoms with van der Waals surface area (Å²) < 4.78 is 0. The van der Waals surface area contributed by atoms with Crippen LogP contribution < -0.4 is 10.6 Å². The molecule has 2 amide bonds. The highest BCUT2D eigenvalue weighted by Crippen LogP contribution is 2.25. The van der Waals surface area contributed by atoms with Crippen LogP contribution in [0.15, 0.2) is 17.5 Å². The second kappa shape index (κ2) is 5.72. The summed E-state index contributed by atoms with van der Waals surface area (Å²) >= 11 is 2.80. The Morgan fingerprint density at radius 3 is 3.20 bits per heavy atom. The summed E-state index contributed by atoms with van der Waals surface area (Å²) in [6.07, 6.45) is 1.99. The molecule has 20 heavy (non-hydrogen) atoms. The zero-order valence-corrected chi connectivity index (χ0v) is 12.3. The summed E-state index contributed by atoms with van der Waals surface area (Å²) in [5.41, 5.74) is 0.788. The highest BCUT2D eigenvalue weighted by atomic mass is 32.1. The summed E-state index contributed by atoms with van der Waals surface area (Å²) in [5, 5.41) is 8.05. The van der Waals surface area contributed by atoms with Gasteiger partial charge in [0.1, 0.15) is 4.88 Å². The third-order valence-corrected chi connectivity index (χ3v) is 4.83. The van der Waals surface area contributed by atoms with Crippen LogP contribution in [0.2, 0.25) is 0 Å². The maximum atomic E-state index is 11.9. The van der Waals surface area contributed by atoms with Crippen molar-refractivity contribution < 1.29 is 9.59 Å². The van der Waals surface area contributed by atoms with Crippen LogP contribution in [0.1, 0.15) is 26.7 Å². The number of carbonyl (C=O) groups excluding carboxylic acids is 2. The first-order chi connectivity index (χ1) is 9.72. The van der Waals surface area contributed by atoms with E-state index in [4.69, 9.17) is 0 Å². The number of amides is 2. The predicted molar refractivity (Wildman–Crippen MR) is 79.4 cm³/mol. The van der Waals surface area contributed by atoms with Crippen molar-refractivity contribution in [3.05, 3.63) is 33.0 Å². The maximum absolute atomic E-state index is 11.9. The van der Waals surface area contributed by atoms with E-state index in [0.29, 0.717) is 23.0 Å². The molecule has 0 atom stereocenters. The van der Waals surface area contributed by atoms with Gasteiger partial charge in [-0.25, -0.2) is 4.98 Å². The van der Waals surface area contributed by atoms with Gasteiger partial charge in [-0.1, -0.05) is 17.4 Å². The quantitative estimate of drug-likeness (QED) is 0.912. The Morgan fingerprint density at radius 2 is 2.40 bits per heavy atom. The molecule has 2 N–H and O–H groups in total. The minimum absolute atomic E-state index is 0.0891. The first-order valence-electron chi connectivity index (χ1n) is 6.32. The average Bonchev–Trinajstić information content (AvgIpc) is 3.01. The number of nitrogens with zero attached hydrogens (tertiary/aromatic N) is 1. The first kappa shape index (κ1) is 13.3. The molecular formula is C13H13N3O2S2. The van der Waals surface area contributed by atoms with Gasteiger partial charge in [-0.05, 0) is 24.3 Å². The molecule has 3 rings (SSSR count). The normalized spacial score (nSPS) is 14.3. The molecule has 0 spiro atoms. The average molecular weight is 307 g/mol. The van der Waals surface area contributed by atoms with E-state index in [1.165, 1.54) is 11.3 Å². The number of hydrogen-bond acceptors (Lipinski definition) is 5. The molecule has 1 aliphatic heterocycles. The number of aryl methyl sites for hydroxylation is 1. The number of thiophene rings is 1. The second-order valence-electron chi connectivity index (χ2n) is 4.46. The third-order valence-electron chi connectivity index (χ3n) is 2.94. The van der Waals surface area contributed by atoms with E-state index in [2.05, 4.69) is 15.6 Å². The fraction of sp³-hybridized carbons (Fsp3) is 0.308. The summed E-state index contributed by atoms with van der Waals surface area (Å²) in [6.45, 7) is 0.683. The number of carbonyl (C=O) groups is 2. The van der Waals surface area contributed by atoms with Crippen molar-refractivity contribution >= 4 is 39.6 Å². The van der Waals surface area contributed by atoms with Gasteiger partial charge in [-0.3, -0.25) is 9.59 Å². The molecule has 0 saturated carbocycles. The molecule has 0 saturated heterocycles. The Balaban J connectivity index is 1.70. The molecule has 0 fully saturated rings. The van der Waals surface area contributed by atoms with E-state index in [1.54, 1.807) is 11.3 Å². The van der Waals surface area contributed by atoms with Gasteiger partial charge in [0, 0.05) is 11.4 Å².